The summed E-state index contributed by atoms with van der Waals surface area (Å²) in [5.41, 5.74) is 0.824. The van der Waals surface area contributed by atoms with E-state index in [1.807, 2.05) is 10.8 Å². The smallest absolute Gasteiger partial charge is 0.261 e. The monoisotopic (exact) mass is 385 g/mol. The predicted octanol–water partition coefficient (Wildman–Crippen LogP) is 1.90. The molecule has 0 saturated heterocycles. The molecule has 0 saturated carbocycles. The maximum absolute atomic E-state index is 12.4. The number of rotatable bonds is 8. The highest BCUT2D eigenvalue weighted by Gasteiger charge is 2.15. The Hall–Kier alpha value is -3.20. The molecule has 1 aromatic carbocycles. The van der Waals surface area contributed by atoms with Crippen LogP contribution in [0.15, 0.2) is 72.4 Å². The second-order valence-electron chi connectivity index (χ2n) is 5.78. The number of anilines is 1. The minimum absolute atomic E-state index is 0.0796. The Bertz CT molecular complexity index is 972. The van der Waals surface area contributed by atoms with Crippen molar-refractivity contribution in [2.75, 3.05) is 11.3 Å². The average Bonchev–Trinajstić information content (AvgIpc) is 3.19. The number of pyridine rings is 1. The molecule has 0 aliphatic heterocycles. The third-order valence-electron chi connectivity index (χ3n) is 3.80. The molecule has 3 aromatic rings. The van der Waals surface area contributed by atoms with E-state index in [2.05, 4.69) is 20.0 Å². The molecular weight excluding hydrogens is 366 g/mol. The Morgan fingerprint density at radius 3 is 2.41 bits per heavy atom. The van der Waals surface area contributed by atoms with Crippen molar-refractivity contribution in [3.8, 4) is 0 Å². The van der Waals surface area contributed by atoms with Crippen molar-refractivity contribution in [1.82, 2.24) is 19.9 Å². The highest BCUT2D eigenvalue weighted by molar-refractivity contribution is 7.92. The molecule has 0 bridgehead atoms. The third-order valence-corrected chi connectivity index (χ3v) is 5.19. The number of hydrogen-bond donors (Lipinski definition) is 2. The molecule has 1 amide bonds. The zero-order valence-corrected chi connectivity index (χ0v) is 15.3. The molecule has 0 unspecified atom stereocenters. The van der Waals surface area contributed by atoms with Gasteiger partial charge in [-0.2, -0.15) is 0 Å². The quantitative estimate of drug-likeness (QED) is 0.576. The first-order valence-corrected chi connectivity index (χ1v) is 9.80. The number of nitrogens with one attached hydrogen (secondary N) is 2. The van der Waals surface area contributed by atoms with Crippen LogP contribution in [0, 0.1) is 0 Å². The van der Waals surface area contributed by atoms with Gasteiger partial charge in [-0.25, -0.2) is 13.4 Å². The van der Waals surface area contributed by atoms with E-state index in [-0.39, 0.29) is 10.8 Å². The second-order valence-corrected chi connectivity index (χ2v) is 7.46. The summed E-state index contributed by atoms with van der Waals surface area (Å²) in [5, 5.41) is 2.81. The Morgan fingerprint density at radius 1 is 1.00 bits per heavy atom. The lowest BCUT2D eigenvalue weighted by atomic mass is 10.2. The van der Waals surface area contributed by atoms with Gasteiger partial charge < -0.3 is 9.88 Å². The number of hydrogen-bond acceptors (Lipinski definition) is 5. The van der Waals surface area contributed by atoms with Gasteiger partial charge in [-0.1, -0.05) is 0 Å². The number of sulfonamides is 1. The first kappa shape index (κ1) is 18.6. The lowest BCUT2D eigenvalue weighted by molar-refractivity contribution is 0.0952. The molecule has 0 radical (unpaired) electrons. The molecule has 2 N–H and O–H groups in total. The average molecular weight is 385 g/mol. The first-order chi connectivity index (χ1) is 13.0. The van der Waals surface area contributed by atoms with Crippen LogP contribution in [0.2, 0.25) is 0 Å². The number of aryl methyl sites for hydroxylation is 1. The van der Waals surface area contributed by atoms with Crippen molar-refractivity contribution in [3.05, 3.63) is 73.1 Å². The molecule has 0 spiro atoms. The fraction of sp³-hybridized carbons (Fsp3) is 0.167. The summed E-state index contributed by atoms with van der Waals surface area (Å²) < 4.78 is 29.1. The van der Waals surface area contributed by atoms with E-state index in [4.69, 9.17) is 0 Å². The van der Waals surface area contributed by atoms with Gasteiger partial charge in [0.15, 0.2) is 0 Å². The largest absolute Gasteiger partial charge is 0.352 e. The Balaban J connectivity index is 1.55. The number of carbonyl (C=O) groups excluding carboxylic acids is 1. The summed E-state index contributed by atoms with van der Waals surface area (Å²) in [5.74, 6) is -0.244. The standard InChI is InChI=1S/C18H19N5O3S/c24-18(21-8-1-12-23-13-11-20-14-23)15-2-4-17(5-3-15)27(25,26)22-16-6-9-19-10-7-16/h2-7,9-11,13-14H,1,8,12H2,(H,19,22)(H,21,24). The van der Waals surface area contributed by atoms with E-state index >= 15 is 0 Å². The van der Waals surface area contributed by atoms with Crippen LogP contribution in [0.5, 0.6) is 0 Å². The summed E-state index contributed by atoms with van der Waals surface area (Å²) >= 11 is 0. The van der Waals surface area contributed by atoms with Crippen LogP contribution in [0.1, 0.15) is 16.8 Å². The number of amides is 1. The van der Waals surface area contributed by atoms with E-state index < -0.39 is 10.0 Å². The van der Waals surface area contributed by atoms with Gasteiger partial charge in [-0.15, -0.1) is 0 Å². The van der Waals surface area contributed by atoms with Crippen molar-refractivity contribution in [3.63, 3.8) is 0 Å². The maximum Gasteiger partial charge on any atom is 0.261 e. The summed E-state index contributed by atoms with van der Waals surface area (Å²) in [7, 11) is -3.72. The van der Waals surface area contributed by atoms with Crippen LogP contribution in [0.4, 0.5) is 5.69 Å². The summed E-state index contributed by atoms with van der Waals surface area (Å²) in [6.07, 6.45) is 9.06. The number of nitrogens with zero attached hydrogens (tertiary/aromatic N) is 3. The Morgan fingerprint density at radius 2 is 1.74 bits per heavy atom. The van der Waals surface area contributed by atoms with E-state index in [1.54, 1.807) is 24.7 Å². The molecule has 0 atom stereocenters. The summed E-state index contributed by atoms with van der Waals surface area (Å²) in [6, 6.07) is 8.92. The maximum atomic E-state index is 12.4. The minimum atomic E-state index is -3.72. The molecule has 0 aliphatic carbocycles. The molecule has 0 aliphatic rings. The van der Waals surface area contributed by atoms with Gasteiger partial charge in [0.25, 0.3) is 15.9 Å². The van der Waals surface area contributed by atoms with E-state index in [1.165, 1.54) is 36.7 Å². The molecule has 140 valence electrons. The van der Waals surface area contributed by atoms with Gasteiger partial charge in [0.2, 0.25) is 0 Å². The van der Waals surface area contributed by atoms with Crippen molar-refractivity contribution in [2.45, 2.75) is 17.9 Å². The van der Waals surface area contributed by atoms with Gasteiger partial charge in [-0.05, 0) is 42.8 Å². The zero-order chi connectivity index (χ0) is 19.1. The minimum Gasteiger partial charge on any atom is -0.352 e. The number of carbonyl (C=O) groups is 1. The van der Waals surface area contributed by atoms with Crippen molar-refractivity contribution >= 4 is 21.6 Å². The molecule has 2 aromatic heterocycles. The molecule has 2 heterocycles. The van der Waals surface area contributed by atoms with Crippen LogP contribution in [0.3, 0.4) is 0 Å². The molecule has 3 rings (SSSR count). The fourth-order valence-electron chi connectivity index (χ4n) is 2.40. The predicted molar refractivity (Wildman–Crippen MR) is 101 cm³/mol. The van der Waals surface area contributed by atoms with E-state index in [0.29, 0.717) is 17.8 Å². The molecular formula is C18H19N5O3S. The van der Waals surface area contributed by atoms with Gasteiger partial charge in [0.1, 0.15) is 0 Å². The van der Waals surface area contributed by atoms with Gasteiger partial charge in [-0.3, -0.25) is 14.5 Å². The number of aromatic nitrogens is 3. The lowest BCUT2D eigenvalue weighted by Gasteiger charge is -2.09. The van der Waals surface area contributed by atoms with Gasteiger partial charge >= 0.3 is 0 Å². The SMILES string of the molecule is O=C(NCCCn1ccnc1)c1ccc(S(=O)(=O)Nc2ccncc2)cc1. The van der Waals surface area contributed by atoms with Crippen molar-refractivity contribution < 1.29 is 13.2 Å². The lowest BCUT2D eigenvalue weighted by Crippen LogP contribution is -2.25. The third kappa shape index (κ3) is 5.14. The molecule has 27 heavy (non-hydrogen) atoms. The number of imidazole rings is 1. The van der Waals surface area contributed by atoms with E-state index in [9.17, 15) is 13.2 Å². The Kier molecular flexibility index (Phi) is 5.82. The first-order valence-electron chi connectivity index (χ1n) is 8.31. The second kappa shape index (κ2) is 8.45. The molecule has 0 fully saturated rings. The normalized spacial score (nSPS) is 11.1. The molecule has 9 heteroatoms. The summed E-state index contributed by atoms with van der Waals surface area (Å²) in [6.45, 7) is 1.28. The van der Waals surface area contributed by atoms with Gasteiger partial charge in [0, 0.05) is 43.4 Å². The van der Waals surface area contributed by atoms with Gasteiger partial charge in [0.05, 0.1) is 16.9 Å². The van der Waals surface area contributed by atoms with Crippen LogP contribution < -0.4 is 10.0 Å². The van der Waals surface area contributed by atoms with Crippen LogP contribution in [-0.2, 0) is 16.6 Å². The van der Waals surface area contributed by atoms with Crippen LogP contribution in [-0.4, -0.2) is 35.4 Å². The van der Waals surface area contributed by atoms with Crippen LogP contribution >= 0.6 is 0 Å². The zero-order valence-electron chi connectivity index (χ0n) is 14.4. The highest BCUT2D eigenvalue weighted by Crippen LogP contribution is 2.15. The summed E-state index contributed by atoms with van der Waals surface area (Å²) in [4.78, 5) is 20.0. The van der Waals surface area contributed by atoms with E-state index in [0.717, 1.165) is 13.0 Å². The molecule has 8 nitrogen and oxygen atoms in total. The van der Waals surface area contributed by atoms with Crippen molar-refractivity contribution in [2.24, 2.45) is 0 Å². The van der Waals surface area contributed by atoms with Crippen LogP contribution in [0.25, 0.3) is 0 Å². The van der Waals surface area contributed by atoms with Crippen molar-refractivity contribution in [1.29, 1.82) is 0 Å². The Labute approximate surface area is 157 Å². The topological polar surface area (TPSA) is 106 Å². The fourth-order valence-corrected chi connectivity index (χ4v) is 3.46. The number of benzene rings is 1. The highest BCUT2D eigenvalue weighted by atomic mass is 32.2.